The number of likely N-dealkylation sites (tertiary alicyclic amines) is 1. The number of nitrogens with zero attached hydrogens (tertiary/aromatic N) is 1. The van der Waals surface area contributed by atoms with E-state index < -0.39 is 0 Å². The topological polar surface area (TPSA) is 58.6 Å². The Morgan fingerprint density at radius 3 is 2.37 bits per heavy atom. The molecule has 0 atom stereocenters. The second-order valence-corrected chi connectivity index (χ2v) is 7.92. The van der Waals surface area contributed by atoms with Crippen molar-refractivity contribution in [3.05, 3.63) is 71.3 Å². The van der Waals surface area contributed by atoms with E-state index in [0.717, 1.165) is 44.6 Å². The first kappa shape index (κ1) is 22.0. The Balaban J connectivity index is 1.37. The van der Waals surface area contributed by atoms with Gasteiger partial charge in [0.15, 0.2) is 0 Å². The summed E-state index contributed by atoms with van der Waals surface area (Å²) in [6, 6.07) is 18.1. The van der Waals surface area contributed by atoms with Crippen molar-refractivity contribution in [3.8, 4) is 0 Å². The highest BCUT2D eigenvalue weighted by molar-refractivity contribution is 5.94. The fourth-order valence-electron chi connectivity index (χ4n) is 3.83. The van der Waals surface area contributed by atoms with E-state index in [4.69, 9.17) is 4.74 Å². The summed E-state index contributed by atoms with van der Waals surface area (Å²) in [5.41, 5.74) is 3.05. The molecule has 30 heavy (non-hydrogen) atoms. The van der Waals surface area contributed by atoms with Gasteiger partial charge < -0.3 is 10.1 Å². The first-order valence-corrected chi connectivity index (χ1v) is 10.9. The molecular weight excluding hydrogens is 376 g/mol. The van der Waals surface area contributed by atoms with Gasteiger partial charge in [0.1, 0.15) is 0 Å². The maximum absolute atomic E-state index is 12.5. The monoisotopic (exact) mass is 408 g/mol. The molecule has 1 N–H and O–H groups in total. The number of nitrogens with one attached hydrogen (secondary N) is 1. The van der Waals surface area contributed by atoms with E-state index in [2.05, 4.69) is 40.5 Å². The van der Waals surface area contributed by atoms with Crippen LogP contribution in [0.25, 0.3) is 0 Å². The second kappa shape index (κ2) is 11.5. The predicted molar refractivity (Wildman–Crippen MR) is 118 cm³/mol. The average molecular weight is 409 g/mol. The molecule has 3 rings (SSSR count). The van der Waals surface area contributed by atoms with Crippen molar-refractivity contribution in [2.24, 2.45) is 5.92 Å². The Bertz CT molecular complexity index is 797. The summed E-state index contributed by atoms with van der Waals surface area (Å²) in [5, 5.41) is 3.09. The van der Waals surface area contributed by atoms with Gasteiger partial charge in [0.05, 0.1) is 6.61 Å². The zero-order valence-electron chi connectivity index (χ0n) is 17.8. The summed E-state index contributed by atoms with van der Waals surface area (Å²) in [5.74, 6) is 0.317. The summed E-state index contributed by atoms with van der Waals surface area (Å²) in [4.78, 5) is 26.4. The van der Waals surface area contributed by atoms with E-state index in [1.165, 1.54) is 5.56 Å². The minimum Gasteiger partial charge on any atom is -0.466 e. The number of hydrogen-bond donors (Lipinski definition) is 1. The molecule has 1 aliphatic rings. The van der Waals surface area contributed by atoms with E-state index in [0.29, 0.717) is 30.9 Å². The predicted octanol–water partition coefficient (Wildman–Crippen LogP) is 3.82. The highest BCUT2D eigenvalue weighted by atomic mass is 16.5. The minimum atomic E-state index is -0.186. The Hall–Kier alpha value is -2.66. The molecule has 1 saturated heterocycles. The Morgan fingerprint density at radius 1 is 1.00 bits per heavy atom. The summed E-state index contributed by atoms with van der Waals surface area (Å²) < 4.78 is 4.95. The molecule has 0 saturated carbocycles. The van der Waals surface area contributed by atoms with Gasteiger partial charge in [0.2, 0.25) is 0 Å². The third-order valence-corrected chi connectivity index (χ3v) is 5.65. The highest BCUT2D eigenvalue weighted by Crippen LogP contribution is 2.18. The van der Waals surface area contributed by atoms with Crippen LogP contribution < -0.4 is 5.32 Å². The van der Waals surface area contributed by atoms with E-state index in [9.17, 15) is 9.59 Å². The van der Waals surface area contributed by atoms with E-state index in [1.54, 1.807) is 6.92 Å². The molecule has 160 valence electrons. The van der Waals surface area contributed by atoms with Gasteiger partial charge in [-0.15, -0.1) is 0 Å². The number of ether oxygens (including phenoxy) is 1. The maximum atomic E-state index is 12.5. The van der Waals surface area contributed by atoms with Crippen molar-refractivity contribution in [1.29, 1.82) is 0 Å². The van der Waals surface area contributed by atoms with Crippen molar-refractivity contribution < 1.29 is 14.3 Å². The van der Waals surface area contributed by atoms with Gasteiger partial charge in [0.25, 0.3) is 5.91 Å². The van der Waals surface area contributed by atoms with Crippen LogP contribution in [0.4, 0.5) is 0 Å². The average Bonchev–Trinajstić information content (AvgIpc) is 2.78. The second-order valence-electron chi connectivity index (χ2n) is 7.92. The molecule has 0 spiro atoms. The lowest BCUT2D eigenvalue weighted by Gasteiger charge is -2.32. The summed E-state index contributed by atoms with van der Waals surface area (Å²) in [7, 11) is 0. The number of esters is 1. The largest absolute Gasteiger partial charge is 0.466 e. The standard InChI is InChI=1S/C25H32N2O3/c1-2-30-24(28)13-10-20-8-11-23(12-9-20)25(29)26-18-21-14-16-27(17-15-21)19-22-6-4-3-5-7-22/h3-9,11-12,21H,2,10,13-19H2,1H3,(H,26,29). The van der Waals surface area contributed by atoms with Gasteiger partial charge in [0, 0.05) is 25.1 Å². The molecule has 1 aliphatic heterocycles. The third kappa shape index (κ3) is 6.99. The van der Waals surface area contributed by atoms with Crippen LogP contribution in [-0.4, -0.2) is 43.0 Å². The van der Waals surface area contributed by atoms with Crippen LogP contribution in [-0.2, 0) is 22.5 Å². The molecule has 1 fully saturated rings. The third-order valence-electron chi connectivity index (χ3n) is 5.65. The zero-order valence-corrected chi connectivity index (χ0v) is 17.8. The van der Waals surface area contributed by atoms with Gasteiger partial charge in [-0.2, -0.15) is 0 Å². The van der Waals surface area contributed by atoms with Crippen LogP contribution in [0.5, 0.6) is 0 Å². The fourth-order valence-corrected chi connectivity index (χ4v) is 3.83. The van der Waals surface area contributed by atoms with Gasteiger partial charge in [-0.05, 0) is 68.5 Å². The molecule has 1 amide bonds. The Morgan fingerprint density at radius 2 is 1.70 bits per heavy atom. The van der Waals surface area contributed by atoms with Crippen LogP contribution in [0.15, 0.2) is 54.6 Å². The summed E-state index contributed by atoms with van der Waals surface area (Å²) in [6.45, 7) is 6.09. The zero-order chi connectivity index (χ0) is 21.2. The normalized spacial score (nSPS) is 15.0. The van der Waals surface area contributed by atoms with E-state index in [-0.39, 0.29) is 11.9 Å². The number of rotatable bonds is 9. The first-order chi connectivity index (χ1) is 14.6. The Labute approximate surface area is 179 Å². The number of carbonyl (C=O) groups excluding carboxylic acids is 2. The molecular formula is C25H32N2O3. The molecule has 5 heteroatoms. The lowest BCUT2D eigenvalue weighted by molar-refractivity contribution is -0.143. The maximum Gasteiger partial charge on any atom is 0.306 e. The van der Waals surface area contributed by atoms with E-state index in [1.807, 2.05) is 24.3 Å². The molecule has 2 aromatic carbocycles. The summed E-state index contributed by atoms with van der Waals surface area (Å²) in [6.07, 6.45) is 3.21. The molecule has 0 bridgehead atoms. The number of hydrogen-bond acceptors (Lipinski definition) is 4. The van der Waals surface area contributed by atoms with Crippen LogP contribution in [0.1, 0.15) is 47.7 Å². The molecule has 0 radical (unpaired) electrons. The fraction of sp³-hybridized carbons (Fsp3) is 0.440. The first-order valence-electron chi connectivity index (χ1n) is 10.9. The number of piperidine rings is 1. The van der Waals surface area contributed by atoms with Crippen molar-refractivity contribution in [2.45, 2.75) is 39.2 Å². The Kier molecular flexibility index (Phi) is 8.45. The van der Waals surface area contributed by atoms with Crippen molar-refractivity contribution in [3.63, 3.8) is 0 Å². The molecule has 0 aliphatic carbocycles. The number of aryl methyl sites for hydroxylation is 1. The van der Waals surface area contributed by atoms with Gasteiger partial charge in [-0.1, -0.05) is 42.5 Å². The molecule has 2 aromatic rings. The number of amides is 1. The van der Waals surface area contributed by atoms with Crippen LogP contribution in [0.3, 0.4) is 0 Å². The van der Waals surface area contributed by atoms with Crippen molar-refractivity contribution in [2.75, 3.05) is 26.2 Å². The van der Waals surface area contributed by atoms with Crippen LogP contribution in [0.2, 0.25) is 0 Å². The smallest absolute Gasteiger partial charge is 0.306 e. The van der Waals surface area contributed by atoms with Gasteiger partial charge in [-0.25, -0.2) is 0 Å². The van der Waals surface area contributed by atoms with Crippen LogP contribution in [0, 0.1) is 5.92 Å². The molecule has 5 nitrogen and oxygen atoms in total. The minimum absolute atomic E-state index is 0.0290. The van der Waals surface area contributed by atoms with Crippen molar-refractivity contribution >= 4 is 11.9 Å². The van der Waals surface area contributed by atoms with Gasteiger partial charge in [-0.3, -0.25) is 14.5 Å². The number of benzene rings is 2. The van der Waals surface area contributed by atoms with Crippen LogP contribution >= 0.6 is 0 Å². The highest BCUT2D eigenvalue weighted by Gasteiger charge is 2.20. The van der Waals surface area contributed by atoms with E-state index >= 15 is 0 Å². The quantitative estimate of drug-likeness (QED) is 0.641. The molecule has 0 unspecified atom stereocenters. The number of carbonyl (C=O) groups is 2. The summed E-state index contributed by atoms with van der Waals surface area (Å²) >= 11 is 0. The SMILES string of the molecule is CCOC(=O)CCc1ccc(C(=O)NCC2CCN(Cc3ccccc3)CC2)cc1. The molecule has 0 aromatic heterocycles. The molecule has 1 heterocycles. The lowest BCUT2D eigenvalue weighted by Crippen LogP contribution is -2.38. The van der Waals surface area contributed by atoms with Crippen molar-refractivity contribution in [1.82, 2.24) is 10.2 Å². The lowest BCUT2D eigenvalue weighted by atomic mass is 9.96. The van der Waals surface area contributed by atoms with Gasteiger partial charge >= 0.3 is 5.97 Å².